The van der Waals surface area contributed by atoms with Crippen molar-refractivity contribution >= 4 is 44.1 Å². The zero-order valence-corrected chi connectivity index (χ0v) is 18.8. The van der Waals surface area contributed by atoms with Gasteiger partial charge in [0, 0.05) is 5.56 Å². The number of ether oxygens (including phenoxy) is 1. The first kappa shape index (κ1) is 21.0. The van der Waals surface area contributed by atoms with Crippen molar-refractivity contribution in [3.05, 3.63) is 83.3 Å². The molecule has 1 saturated heterocycles. The van der Waals surface area contributed by atoms with Crippen molar-refractivity contribution in [3.8, 4) is 5.75 Å². The van der Waals surface area contributed by atoms with Gasteiger partial charge in [-0.15, -0.1) is 0 Å². The van der Waals surface area contributed by atoms with Gasteiger partial charge >= 0.3 is 5.91 Å². The van der Waals surface area contributed by atoms with Crippen LogP contribution in [0.2, 0.25) is 0 Å². The number of aryl methyl sites for hydroxylation is 1. The van der Waals surface area contributed by atoms with Crippen LogP contribution < -0.4 is 9.64 Å². The summed E-state index contributed by atoms with van der Waals surface area (Å²) in [6.07, 6.45) is 1.47. The average Bonchev–Trinajstić information content (AvgIpc) is 3.53. The predicted octanol–water partition coefficient (Wildman–Crippen LogP) is 5.22. The van der Waals surface area contributed by atoms with Gasteiger partial charge in [0.25, 0.3) is 5.78 Å². The highest BCUT2D eigenvalue weighted by Gasteiger charge is 2.49. The molecule has 3 heterocycles. The fraction of sp³-hybridized carbons (Fsp3) is 0.160. The third kappa shape index (κ3) is 3.58. The number of Topliss-reactive ketones (excluding diaryl/α,β-unsaturated/α-hetero) is 1. The molecule has 1 N–H and O–H groups in total. The van der Waals surface area contributed by atoms with E-state index in [2.05, 4.69) is 4.98 Å². The second-order valence-corrected chi connectivity index (χ2v) is 8.62. The van der Waals surface area contributed by atoms with Gasteiger partial charge in [0.05, 0.1) is 28.7 Å². The molecule has 8 heteroatoms. The number of aliphatic hydroxyl groups is 1. The first-order valence-corrected chi connectivity index (χ1v) is 11.2. The normalized spacial score (nSPS) is 17.8. The number of furan rings is 1. The molecule has 1 amide bonds. The Hall–Kier alpha value is -3.91. The maximum Gasteiger partial charge on any atom is 0.302 e. The van der Waals surface area contributed by atoms with Crippen molar-refractivity contribution in [2.45, 2.75) is 19.9 Å². The maximum absolute atomic E-state index is 13.2. The molecule has 0 saturated carbocycles. The van der Waals surface area contributed by atoms with E-state index in [0.717, 1.165) is 10.3 Å². The van der Waals surface area contributed by atoms with Crippen LogP contribution in [0.4, 0.5) is 5.13 Å². The van der Waals surface area contributed by atoms with Gasteiger partial charge in [0.15, 0.2) is 5.13 Å². The van der Waals surface area contributed by atoms with Crippen LogP contribution in [0.15, 0.2) is 70.9 Å². The number of thiazole rings is 1. The SMILES string of the molecule is CCOc1ccc2nc(N3C(=O)C(=O)/C(=C(/O)c4ccc(C)cc4)C3c3ccco3)sc2c1. The number of aliphatic hydroxyl groups excluding tert-OH is 1. The lowest BCUT2D eigenvalue weighted by atomic mass is 9.99. The van der Waals surface area contributed by atoms with Crippen LogP contribution >= 0.6 is 11.3 Å². The third-order valence-electron chi connectivity index (χ3n) is 5.45. The highest BCUT2D eigenvalue weighted by molar-refractivity contribution is 7.22. The summed E-state index contributed by atoms with van der Waals surface area (Å²) < 4.78 is 12.0. The number of fused-ring (bicyclic) bond motifs is 1. The number of rotatable bonds is 5. The van der Waals surface area contributed by atoms with E-state index in [-0.39, 0.29) is 11.3 Å². The van der Waals surface area contributed by atoms with E-state index in [1.54, 1.807) is 24.3 Å². The fourth-order valence-corrected chi connectivity index (χ4v) is 4.89. The predicted molar refractivity (Wildman–Crippen MR) is 125 cm³/mol. The van der Waals surface area contributed by atoms with Crippen LogP contribution in [0.25, 0.3) is 16.0 Å². The van der Waals surface area contributed by atoms with Gasteiger partial charge in [0.1, 0.15) is 23.3 Å². The summed E-state index contributed by atoms with van der Waals surface area (Å²) in [5, 5.41) is 11.4. The molecule has 0 radical (unpaired) electrons. The second-order valence-electron chi connectivity index (χ2n) is 7.61. The number of benzene rings is 2. The van der Waals surface area contributed by atoms with Gasteiger partial charge in [0.2, 0.25) is 0 Å². The summed E-state index contributed by atoms with van der Waals surface area (Å²) in [5.41, 5.74) is 2.10. The van der Waals surface area contributed by atoms with E-state index in [1.807, 2.05) is 44.2 Å². The van der Waals surface area contributed by atoms with Crippen LogP contribution in [-0.2, 0) is 9.59 Å². The molecule has 2 aromatic carbocycles. The molecular formula is C25H20N2O5S. The van der Waals surface area contributed by atoms with Crippen molar-refractivity contribution in [2.75, 3.05) is 11.5 Å². The van der Waals surface area contributed by atoms with Crippen molar-refractivity contribution in [3.63, 3.8) is 0 Å². The molecule has 1 unspecified atom stereocenters. The van der Waals surface area contributed by atoms with Crippen molar-refractivity contribution in [2.24, 2.45) is 0 Å². The van der Waals surface area contributed by atoms with E-state index < -0.39 is 17.7 Å². The van der Waals surface area contributed by atoms with Gasteiger partial charge in [-0.1, -0.05) is 41.2 Å². The van der Waals surface area contributed by atoms with Gasteiger partial charge in [-0.2, -0.15) is 0 Å². The van der Waals surface area contributed by atoms with E-state index in [4.69, 9.17) is 9.15 Å². The molecule has 0 bridgehead atoms. The van der Waals surface area contributed by atoms with E-state index >= 15 is 0 Å². The van der Waals surface area contributed by atoms with Gasteiger partial charge in [-0.25, -0.2) is 4.98 Å². The minimum absolute atomic E-state index is 0.0342. The number of hydrogen-bond donors (Lipinski definition) is 1. The molecule has 5 rings (SSSR count). The summed E-state index contributed by atoms with van der Waals surface area (Å²) in [7, 11) is 0. The van der Waals surface area contributed by atoms with Gasteiger partial charge in [-0.05, 0) is 44.2 Å². The third-order valence-corrected chi connectivity index (χ3v) is 6.47. The molecule has 0 aliphatic carbocycles. The number of anilines is 1. The monoisotopic (exact) mass is 460 g/mol. The molecule has 2 aromatic heterocycles. The van der Waals surface area contributed by atoms with Gasteiger partial charge in [-0.3, -0.25) is 14.5 Å². The highest BCUT2D eigenvalue weighted by atomic mass is 32.1. The standard InChI is InChI=1S/C25H20N2O5S/c1-3-31-16-10-11-17-19(13-16)33-25(26-17)27-21(18-5-4-12-32-18)20(23(29)24(27)30)22(28)15-8-6-14(2)7-9-15/h4-13,21,28H,3H2,1-2H3/b22-20+. The lowest BCUT2D eigenvalue weighted by molar-refractivity contribution is -0.132. The quantitative estimate of drug-likeness (QED) is 0.249. The lowest BCUT2D eigenvalue weighted by Gasteiger charge is -2.20. The number of carbonyl (C=O) groups excluding carboxylic acids is 2. The lowest BCUT2D eigenvalue weighted by Crippen LogP contribution is -2.29. The van der Waals surface area contributed by atoms with Crippen molar-refractivity contribution < 1.29 is 23.8 Å². The Morgan fingerprint density at radius 3 is 2.67 bits per heavy atom. The summed E-state index contributed by atoms with van der Waals surface area (Å²) >= 11 is 1.27. The number of ketones is 1. The molecular weight excluding hydrogens is 440 g/mol. The van der Waals surface area contributed by atoms with Gasteiger partial charge < -0.3 is 14.3 Å². The second kappa shape index (κ2) is 8.22. The van der Waals surface area contributed by atoms with Crippen LogP contribution in [0.5, 0.6) is 5.75 Å². The number of nitrogens with zero attached hydrogens (tertiary/aromatic N) is 2. The van der Waals surface area contributed by atoms with E-state index in [1.165, 1.54) is 22.5 Å². The van der Waals surface area contributed by atoms with Crippen LogP contribution in [0.3, 0.4) is 0 Å². The molecule has 1 atom stereocenters. The van der Waals surface area contributed by atoms with Crippen LogP contribution in [0.1, 0.15) is 29.9 Å². The summed E-state index contributed by atoms with van der Waals surface area (Å²) in [6, 6.07) is 15.0. The maximum atomic E-state index is 13.2. The molecule has 1 aliphatic rings. The Balaban J connectivity index is 1.66. The Morgan fingerprint density at radius 1 is 1.18 bits per heavy atom. The first-order valence-electron chi connectivity index (χ1n) is 10.4. The molecule has 1 aliphatic heterocycles. The molecule has 0 spiro atoms. The van der Waals surface area contributed by atoms with E-state index in [0.29, 0.717) is 34.3 Å². The molecule has 4 aromatic rings. The highest BCUT2D eigenvalue weighted by Crippen LogP contribution is 2.44. The molecule has 166 valence electrons. The van der Waals surface area contributed by atoms with Crippen LogP contribution in [0, 0.1) is 6.92 Å². The fourth-order valence-electron chi connectivity index (χ4n) is 3.87. The minimum atomic E-state index is -0.937. The number of hydrogen-bond acceptors (Lipinski definition) is 7. The average molecular weight is 461 g/mol. The smallest absolute Gasteiger partial charge is 0.302 e. The topological polar surface area (TPSA) is 92.9 Å². The molecule has 1 fully saturated rings. The summed E-state index contributed by atoms with van der Waals surface area (Å²) in [4.78, 5) is 32.2. The molecule has 33 heavy (non-hydrogen) atoms. The van der Waals surface area contributed by atoms with Crippen molar-refractivity contribution in [1.82, 2.24) is 4.98 Å². The van der Waals surface area contributed by atoms with Crippen LogP contribution in [-0.4, -0.2) is 28.4 Å². The van der Waals surface area contributed by atoms with E-state index in [9.17, 15) is 14.7 Å². The van der Waals surface area contributed by atoms with Crippen molar-refractivity contribution in [1.29, 1.82) is 0 Å². The zero-order valence-electron chi connectivity index (χ0n) is 17.9. The molecule has 7 nitrogen and oxygen atoms in total. The Kier molecular flexibility index (Phi) is 5.22. The largest absolute Gasteiger partial charge is 0.507 e. The number of carbonyl (C=O) groups is 2. The first-order chi connectivity index (χ1) is 16.0. The number of amides is 1. The minimum Gasteiger partial charge on any atom is -0.507 e. The number of aromatic nitrogens is 1. The Bertz CT molecular complexity index is 1390. The zero-order chi connectivity index (χ0) is 23.1. The Morgan fingerprint density at radius 2 is 1.97 bits per heavy atom. The summed E-state index contributed by atoms with van der Waals surface area (Å²) in [5.74, 6) is -0.754. The Labute approximate surface area is 193 Å². The summed E-state index contributed by atoms with van der Waals surface area (Å²) in [6.45, 7) is 4.36.